The van der Waals surface area contributed by atoms with E-state index in [1.54, 1.807) is 19.1 Å². The third kappa shape index (κ3) is 4.06. The first-order valence-corrected chi connectivity index (χ1v) is 7.93. The molecular formula is C14H20O4S. The Morgan fingerprint density at radius 1 is 1.32 bits per heavy atom. The Morgan fingerprint density at radius 2 is 1.95 bits per heavy atom. The van der Waals surface area contributed by atoms with Crippen LogP contribution < -0.4 is 0 Å². The molecule has 4 nitrogen and oxygen atoms in total. The van der Waals surface area contributed by atoms with Gasteiger partial charge in [0.25, 0.3) is 0 Å². The van der Waals surface area contributed by atoms with E-state index in [-0.39, 0.29) is 28.7 Å². The molecule has 0 aliphatic rings. The monoisotopic (exact) mass is 284 g/mol. The minimum absolute atomic E-state index is 0.00125. The van der Waals surface area contributed by atoms with Gasteiger partial charge >= 0.3 is 5.97 Å². The van der Waals surface area contributed by atoms with Gasteiger partial charge in [0.15, 0.2) is 9.84 Å². The molecule has 1 rings (SSSR count). The Kier molecular flexibility index (Phi) is 5.11. The molecule has 1 aromatic rings. The molecule has 5 heteroatoms. The highest BCUT2D eigenvalue weighted by atomic mass is 32.2. The van der Waals surface area contributed by atoms with Gasteiger partial charge in [-0.3, -0.25) is 0 Å². The fraction of sp³-hybridized carbons (Fsp3) is 0.500. The number of rotatable bonds is 5. The smallest absolute Gasteiger partial charge is 0.339 e. The summed E-state index contributed by atoms with van der Waals surface area (Å²) in [5.41, 5.74) is 0.953. The molecule has 0 aliphatic heterocycles. The number of hydrogen-bond acceptors (Lipinski definition) is 4. The van der Waals surface area contributed by atoms with Crippen LogP contribution in [0.25, 0.3) is 0 Å². The Labute approximate surface area is 114 Å². The van der Waals surface area contributed by atoms with Gasteiger partial charge in [0.05, 0.1) is 22.8 Å². The maximum absolute atomic E-state index is 12.3. The van der Waals surface area contributed by atoms with Crippen LogP contribution in [0.5, 0.6) is 0 Å². The first kappa shape index (κ1) is 15.7. The van der Waals surface area contributed by atoms with Crippen LogP contribution in [0.3, 0.4) is 0 Å². The van der Waals surface area contributed by atoms with Crippen molar-refractivity contribution in [3.05, 3.63) is 29.3 Å². The van der Waals surface area contributed by atoms with Gasteiger partial charge in [0, 0.05) is 0 Å². The van der Waals surface area contributed by atoms with Gasteiger partial charge in [0.1, 0.15) is 0 Å². The summed E-state index contributed by atoms with van der Waals surface area (Å²) >= 11 is 0. The Balaban J connectivity index is 3.31. The second kappa shape index (κ2) is 6.19. The van der Waals surface area contributed by atoms with Crippen molar-refractivity contribution in [1.29, 1.82) is 0 Å². The lowest BCUT2D eigenvalue weighted by molar-refractivity contribution is 0.0521. The number of benzene rings is 1. The van der Waals surface area contributed by atoms with E-state index in [2.05, 4.69) is 0 Å². The molecule has 0 fully saturated rings. The Morgan fingerprint density at radius 3 is 2.47 bits per heavy atom. The maximum atomic E-state index is 12.3. The SMILES string of the molecule is CCOC(=O)c1cc(C)ccc1S(=O)(=O)CC(C)C. The van der Waals surface area contributed by atoms with E-state index in [9.17, 15) is 13.2 Å². The van der Waals surface area contributed by atoms with Crippen LogP contribution in [0.4, 0.5) is 0 Å². The number of carbonyl (C=O) groups is 1. The van der Waals surface area contributed by atoms with Gasteiger partial charge in [-0.2, -0.15) is 0 Å². The largest absolute Gasteiger partial charge is 0.462 e. The third-order valence-corrected chi connectivity index (χ3v) is 4.65. The molecule has 0 atom stereocenters. The average molecular weight is 284 g/mol. The van der Waals surface area contributed by atoms with Gasteiger partial charge in [-0.25, -0.2) is 13.2 Å². The van der Waals surface area contributed by atoms with Gasteiger partial charge in [-0.05, 0) is 31.9 Å². The molecule has 0 aromatic heterocycles. The first-order valence-electron chi connectivity index (χ1n) is 6.28. The molecule has 0 amide bonds. The fourth-order valence-electron chi connectivity index (χ4n) is 1.81. The zero-order chi connectivity index (χ0) is 14.6. The second-order valence-electron chi connectivity index (χ2n) is 4.90. The van der Waals surface area contributed by atoms with Crippen molar-refractivity contribution < 1.29 is 17.9 Å². The Bertz CT molecular complexity index is 559. The van der Waals surface area contributed by atoms with E-state index in [1.807, 2.05) is 20.8 Å². The summed E-state index contributed by atoms with van der Waals surface area (Å²) in [6.45, 7) is 7.37. The number of hydrogen-bond donors (Lipinski definition) is 0. The second-order valence-corrected chi connectivity index (χ2v) is 6.90. The summed E-state index contributed by atoms with van der Waals surface area (Å²) in [7, 11) is -3.47. The lowest BCUT2D eigenvalue weighted by atomic mass is 10.1. The lowest BCUT2D eigenvalue weighted by Gasteiger charge is -2.12. The predicted octanol–water partition coefficient (Wildman–Crippen LogP) is 2.60. The lowest BCUT2D eigenvalue weighted by Crippen LogP contribution is -2.17. The summed E-state index contributed by atoms with van der Waals surface area (Å²) in [4.78, 5) is 11.9. The molecule has 0 N–H and O–H groups in total. The third-order valence-electron chi connectivity index (χ3n) is 2.52. The van der Waals surface area contributed by atoms with E-state index in [4.69, 9.17) is 4.74 Å². The summed E-state index contributed by atoms with van der Waals surface area (Å²) in [5, 5.41) is 0. The van der Waals surface area contributed by atoms with Crippen molar-refractivity contribution in [2.45, 2.75) is 32.6 Å². The molecule has 0 spiro atoms. The molecule has 0 aliphatic carbocycles. The van der Waals surface area contributed by atoms with Crippen molar-refractivity contribution in [3.63, 3.8) is 0 Å². The molecule has 0 unspecified atom stereocenters. The standard InChI is InChI=1S/C14H20O4S/c1-5-18-14(15)12-8-11(4)6-7-13(12)19(16,17)9-10(2)3/h6-8,10H,5,9H2,1-4H3. The molecular weight excluding hydrogens is 264 g/mol. The van der Waals surface area contributed by atoms with Crippen molar-refractivity contribution in [3.8, 4) is 0 Å². The fourth-order valence-corrected chi connectivity index (χ4v) is 3.62. The van der Waals surface area contributed by atoms with E-state index in [1.165, 1.54) is 6.07 Å². The van der Waals surface area contributed by atoms with Crippen LogP contribution in [0.1, 0.15) is 36.7 Å². The van der Waals surface area contributed by atoms with Gasteiger partial charge in [-0.15, -0.1) is 0 Å². The van der Waals surface area contributed by atoms with Crippen LogP contribution in [0, 0.1) is 12.8 Å². The summed E-state index contributed by atoms with van der Waals surface area (Å²) in [6.07, 6.45) is 0. The molecule has 0 radical (unpaired) electrons. The van der Waals surface area contributed by atoms with E-state index >= 15 is 0 Å². The number of sulfone groups is 1. The van der Waals surface area contributed by atoms with Crippen LogP contribution in [-0.4, -0.2) is 26.7 Å². The van der Waals surface area contributed by atoms with Crippen molar-refractivity contribution in [2.24, 2.45) is 5.92 Å². The van der Waals surface area contributed by atoms with E-state index in [0.717, 1.165) is 5.56 Å². The van der Waals surface area contributed by atoms with Crippen LogP contribution in [0.2, 0.25) is 0 Å². The van der Waals surface area contributed by atoms with E-state index in [0.29, 0.717) is 0 Å². The van der Waals surface area contributed by atoms with Crippen LogP contribution in [0.15, 0.2) is 23.1 Å². The first-order chi connectivity index (χ1) is 8.77. The molecule has 106 valence electrons. The van der Waals surface area contributed by atoms with Crippen LogP contribution >= 0.6 is 0 Å². The summed E-state index contributed by atoms with van der Waals surface area (Å²) in [6, 6.07) is 4.74. The summed E-state index contributed by atoms with van der Waals surface area (Å²) < 4.78 is 29.5. The number of ether oxygens (including phenoxy) is 1. The van der Waals surface area contributed by atoms with Gasteiger partial charge in [-0.1, -0.05) is 25.5 Å². The zero-order valence-electron chi connectivity index (χ0n) is 11.8. The average Bonchev–Trinajstić information content (AvgIpc) is 2.27. The molecule has 0 heterocycles. The van der Waals surface area contributed by atoms with E-state index < -0.39 is 15.8 Å². The highest BCUT2D eigenvalue weighted by molar-refractivity contribution is 7.91. The summed E-state index contributed by atoms with van der Waals surface area (Å²) in [5.74, 6) is -0.572. The van der Waals surface area contributed by atoms with Gasteiger partial charge in [0.2, 0.25) is 0 Å². The minimum atomic E-state index is -3.47. The van der Waals surface area contributed by atoms with Crippen molar-refractivity contribution >= 4 is 15.8 Å². The molecule has 19 heavy (non-hydrogen) atoms. The predicted molar refractivity (Wildman–Crippen MR) is 74.0 cm³/mol. The normalized spacial score (nSPS) is 11.6. The molecule has 0 saturated heterocycles. The molecule has 0 saturated carbocycles. The van der Waals surface area contributed by atoms with Crippen LogP contribution in [-0.2, 0) is 14.6 Å². The highest BCUT2D eigenvalue weighted by Crippen LogP contribution is 2.21. The zero-order valence-corrected chi connectivity index (χ0v) is 12.6. The number of carbonyl (C=O) groups excluding carboxylic acids is 1. The topological polar surface area (TPSA) is 60.4 Å². The Hall–Kier alpha value is -1.36. The quantitative estimate of drug-likeness (QED) is 0.780. The number of aryl methyl sites for hydroxylation is 1. The van der Waals surface area contributed by atoms with Crippen molar-refractivity contribution in [2.75, 3.05) is 12.4 Å². The molecule has 1 aromatic carbocycles. The number of esters is 1. The molecule has 0 bridgehead atoms. The maximum Gasteiger partial charge on any atom is 0.339 e. The highest BCUT2D eigenvalue weighted by Gasteiger charge is 2.24. The van der Waals surface area contributed by atoms with Crippen molar-refractivity contribution in [1.82, 2.24) is 0 Å². The minimum Gasteiger partial charge on any atom is -0.462 e. The van der Waals surface area contributed by atoms with Gasteiger partial charge < -0.3 is 4.74 Å².